The Bertz CT molecular complexity index is 660. The molecule has 2 N–H and O–H groups in total. The number of carbonyl (C=O) groups excluding carboxylic acids is 3. The molecule has 0 rings (SSSR count). The highest BCUT2D eigenvalue weighted by molar-refractivity contribution is 5.77. The number of carbonyl (C=O) groups is 3. The lowest BCUT2D eigenvalue weighted by atomic mass is 10.0. The lowest BCUT2D eigenvalue weighted by Gasteiger charge is -2.22. The molecule has 0 radical (unpaired) electrons. The smallest absolute Gasteiger partial charge is 0.306 e. The molecule has 0 saturated carbocycles. The van der Waals surface area contributed by atoms with Crippen molar-refractivity contribution in [2.24, 2.45) is 0 Å². The number of unbranched alkanes of at least 4 members (excludes halogenated alkanes) is 19. The molecule has 0 unspecified atom stereocenters. The van der Waals surface area contributed by atoms with Gasteiger partial charge < -0.3 is 25.1 Å². The van der Waals surface area contributed by atoms with Crippen LogP contribution in [0, 0.1) is 0 Å². The molecular weight excluding hydrogens is 574 g/mol. The maximum Gasteiger partial charge on any atom is 0.306 e. The van der Waals surface area contributed by atoms with Gasteiger partial charge in [-0.2, -0.15) is 0 Å². The molecule has 272 valence electrons. The van der Waals surface area contributed by atoms with Gasteiger partial charge >= 0.3 is 5.97 Å². The normalized spacial score (nSPS) is 11.4. The summed E-state index contributed by atoms with van der Waals surface area (Å²) in [6.07, 6.45) is 32.1. The second-order valence-corrected chi connectivity index (χ2v) is 13.5. The molecule has 7 nitrogen and oxygen atoms in total. The van der Waals surface area contributed by atoms with Crippen LogP contribution < -0.4 is 10.6 Å². The fraction of sp³-hybridized carbons (Fsp3) is 0.923. The van der Waals surface area contributed by atoms with E-state index in [9.17, 15) is 14.4 Å². The molecule has 1 amide bonds. The van der Waals surface area contributed by atoms with E-state index in [1.165, 1.54) is 109 Å². The second-order valence-electron chi connectivity index (χ2n) is 13.5. The van der Waals surface area contributed by atoms with E-state index in [0.29, 0.717) is 19.4 Å². The molecule has 0 atom stereocenters. The highest BCUT2D eigenvalue weighted by Crippen LogP contribution is 2.18. The molecule has 46 heavy (non-hydrogen) atoms. The average molecular weight is 652 g/mol. The monoisotopic (exact) mass is 652 g/mol. The first-order chi connectivity index (χ1) is 22.6. The molecule has 0 heterocycles. The van der Waals surface area contributed by atoms with Crippen LogP contribution in [0.15, 0.2) is 0 Å². The van der Waals surface area contributed by atoms with Crippen LogP contribution in [-0.4, -0.2) is 68.9 Å². The van der Waals surface area contributed by atoms with Crippen LogP contribution in [0.3, 0.4) is 0 Å². The summed E-state index contributed by atoms with van der Waals surface area (Å²) in [6.45, 7) is 8.81. The minimum Gasteiger partial charge on any atom is -0.462 e. The number of aldehydes is 1. The molecule has 0 aliphatic heterocycles. The number of likely N-dealkylation sites (N-methyl/N-ethyl adjacent to an activating group) is 1. The summed E-state index contributed by atoms with van der Waals surface area (Å²) in [5, 5.41) is 5.88. The summed E-state index contributed by atoms with van der Waals surface area (Å²) in [6, 6.07) is 0. The minimum atomic E-state index is 0.0149. The van der Waals surface area contributed by atoms with Crippen LogP contribution in [-0.2, 0) is 19.1 Å². The van der Waals surface area contributed by atoms with Gasteiger partial charge in [-0.05, 0) is 84.5 Å². The van der Waals surface area contributed by atoms with Crippen LogP contribution >= 0.6 is 0 Å². The van der Waals surface area contributed by atoms with Crippen LogP contribution in [0.1, 0.15) is 187 Å². The van der Waals surface area contributed by atoms with Gasteiger partial charge in [0.2, 0.25) is 5.91 Å². The fourth-order valence-corrected chi connectivity index (χ4v) is 6.13. The molecule has 0 aromatic carbocycles. The lowest BCUT2D eigenvalue weighted by molar-refractivity contribution is -0.150. The minimum absolute atomic E-state index is 0.0149. The van der Waals surface area contributed by atoms with Crippen LogP contribution in [0.4, 0.5) is 0 Å². The maximum atomic E-state index is 12.7. The van der Waals surface area contributed by atoms with Gasteiger partial charge in [0.15, 0.2) is 0 Å². The fourth-order valence-electron chi connectivity index (χ4n) is 6.13. The maximum absolute atomic E-state index is 12.7. The van der Waals surface area contributed by atoms with Gasteiger partial charge in [0, 0.05) is 19.4 Å². The molecule has 0 aromatic rings. The van der Waals surface area contributed by atoms with Crippen molar-refractivity contribution in [1.29, 1.82) is 0 Å². The van der Waals surface area contributed by atoms with E-state index in [1.807, 2.05) is 0 Å². The number of hydrogen-bond donors (Lipinski definition) is 2. The Balaban J connectivity index is 4.31. The Hall–Kier alpha value is -1.47. The van der Waals surface area contributed by atoms with Crippen molar-refractivity contribution in [3.63, 3.8) is 0 Å². The number of nitrogens with zero attached hydrogens (tertiary/aromatic N) is 1. The predicted octanol–water partition coefficient (Wildman–Crippen LogP) is 9.31. The van der Waals surface area contributed by atoms with Gasteiger partial charge in [-0.1, -0.05) is 117 Å². The molecule has 0 spiro atoms. The Morgan fingerprint density at radius 3 is 1.65 bits per heavy atom. The van der Waals surface area contributed by atoms with E-state index in [-0.39, 0.29) is 18.0 Å². The summed E-state index contributed by atoms with van der Waals surface area (Å²) in [4.78, 5) is 37.5. The van der Waals surface area contributed by atoms with Crippen LogP contribution in [0.5, 0.6) is 0 Å². The predicted molar refractivity (Wildman–Crippen MR) is 195 cm³/mol. The van der Waals surface area contributed by atoms with Crippen molar-refractivity contribution < 1.29 is 19.1 Å². The third kappa shape index (κ3) is 32.5. The molecule has 0 saturated heterocycles. The number of nitrogens with one attached hydrogen (secondary N) is 2. The van der Waals surface area contributed by atoms with Gasteiger partial charge in [0.1, 0.15) is 12.4 Å². The summed E-state index contributed by atoms with van der Waals surface area (Å²) in [7, 11) is 1.79. The average Bonchev–Trinajstić information content (AvgIpc) is 3.04. The lowest BCUT2D eigenvalue weighted by Crippen LogP contribution is -2.35. The van der Waals surface area contributed by atoms with E-state index in [1.54, 1.807) is 7.05 Å². The number of ether oxygens (including phenoxy) is 1. The SMILES string of the molecule is CCCCCCCCC(CCCCCCCC)OC(=O)CCCCCCCN(CCCCCCCC=O)CCCNC(=O)CNC. The van der Waals surface area contributed by atoms with Crippen molar-refractivity contribution >= 4 is 18.2 Å². The molecule has 0 aliphatic rings. The summed E-state index contributed by atoms with van der Waals surface area (Å²) in [5.74, 6) is 0.0699. The number of rotatable bonds is 37. The highest BCUT2D eigenvalue weighted by Gasteiger charge is 2.14. The number of hydrogen-bond acceptors (Lipinski definition) is 6. The van der Waals surface area contributed by atoms with Crippen LogP contribution in [0.25, 0.3) is 0 Å². The molecule has 0 aromatic heterocycles. The second kappa shape index (κ2) is 36.4. The van der Waals surface area contributed by atoms with Crippen molar-refractivity contribution in [2.45, 2.75) is 193 Å². The summed E-state index contributed by atoms with van der Waals surface area (Å²) in [5.41, 5.74) is 0. The number of esters is 1. The first-order valence-corrected chi connectivity index (χ1v) is 19.8. The largest absolute Gasteiger partial charge is 0.462 e. The number of amides is 1. The molecule has 0 fully saturated rings. The highest BCUT2D eigenvalue weighted by atomic mass is 16.5. The summed E-state index contributed by atoms with van der Waals surface area (Å²) >= 11 is 0. The van der Waals surface area contributed by atoms with E-state index >= 15 is 0 Å². The molecule has 0 bridgehead atoms. The molecule has 0 aliphatic carbocycles. The van der Waals surface area contributed by atoms with Crippen molar-refractivity contribution in [1.82, 2.24) is 15.5 Å². The van der Waals surface area contributed by atoms with Crippen molar-refractivity contribution in [3.8, 4) is 0 Å². The Morgan fingerprint density at radius 2 is 1.11 bits per heavy atom. The standard InChI is InChI=1S/C39H77N3O4/c1-4-6-8-10-15-21-28-37(29-22-16-11-9-7-5-2)46-39(45)30-23-17-14-19-25-33-42(32-24-18-12-13-20-26-35-43)34-27-31-41-38(44)36-40-3/h35,37,40H,4-34,36H2,1-3H3,(H,41,44). The van der Waals surface area contributed by atoms with Gasteiger partial charge in [-0.25, -0.2) is 0 Å². The zero-order valence-corrected chi connectivity index (χ0v) is 30.9. The first kappa shape index (κ1) is 44.5. The van der Waals surface area contributed by atoms with Gasteiger partial charge in [-0.15, -0.1) is 0 Å². The van der Waals surface area contributed by atoms with E-state index < -0.39 is 0 Å². The first-order valence-electron chi connectivity index (χ1n) is 19.8. The Morgan fingerprint density at radius 1 is 0.630 bits per heavy atom. The third-order valence-corrected chi connectivity index (χ3v) is 9.02. The van der Waals surface area contributed by atoms with Crippen molar-refractivity contribution in [3.05, 3.63) is 0 Å². The third-order valence-electron chi connectivity index (χ3n) is 9.02. The zero-order chi connectivity index (χ0) is 33.8. The van der Waals surface area contributed by atoms with E-state index in [4.69, 9.17) is 4.74 Å². The molecule has 7 heteroatoms. The Labute approximate surface area is 285 Å². The molecular formula is C39H77N3O4. The zero-order valence-electron chi connectivity index (χ0n) is 30.9. The van der Waals surface area contributed by atoms with Gasteiger partial charge in [-0.3, -0.25) is 9.59 Å². The van der Waals surface area contributed by atoms with Gasteiger partial charge in [0.05, 0.1) is 6.54 Å². The summed E-state index contributed by atoms with van der Waals surface area (Å²) < 4.78 is 6.02. The van der Waals surface area contributed by atoms with E-state index in [2.05, 4.69) is 29.4 Å². The van der Waals surface area contributed by atoms with E-state index in [0.717, 1.165) is 83.8 Å². The van der Waals surface area contributed by atoms with Gasteiger partial charge in [0.25, 0.3) is 0 Å². The Kier molecular flexibility index (Phi) is 35.2. The topological polar surface area (TPSA) is 87.7 Å². The quantitative estimate of drug-likeness (QED) is 0.0395. The van der Waals surface area contributed by atoms with Crippen molar-refractivity contribution in [2.75, 3.05) is 39.8 Å². The van der Waals surface area contributed by atoms with Crippen LogP contribution in [0.2, 0.25) is 0 Å².